The third kappa shape index (κ3) is 18.0. The number of hydrogen-bond acceptors (Lipinski definition) is 4. The second-order valence-corrected chi connectivity index (χ2v) is 15.6. The fourth-order valence-corrected chi connectivity index (χ4v) is 7.10. The second kappa shape index (κ2) is 25.3. The summed E-state index contributed by atoms with van der Waals surface area (Å²) in [7, 11) is 4.14. The summed E-state index contributed by atoms with van der Waals surface area (Å²) in [5.41, 5.74) is 5.06. The van der Waals surface area contributed by atoms with Crippen LogP contribution in [-0.2, 0) is 35.8 Å². The van der Waals surface area contributed by atoms with Gasteiger partial charge in [0.15, 0.2) is 0 Å². The predicted octanol–water partition coefficient (Wildman–Crippen LogP) is 10.2. The van der Waals surface area contributed by atoms with Crippen molar-refractivity contribution in [2.75, 3.05) is 27.2 Å². The average molecular weight is 695 g/mol. The molecule has 1 aliphatic heterocycles. The minimum Gasteiger partial charge on any atom is -0.352 e. The molecular weight excluding hydrogens is 617 g/mol. The molecule has 3 fully saturated rings. The SMILES string of the molecule is CCC.CCC.C[C@@H]1CCC[C@H](C(=O)NCc2ccc(CN(C)C)cc2)C1.C[C@@H]1CCC[C@H](C(=O)NCc2ccc(CN3CCCC3)cc2)C1.[HH].[HH]. The Kier molecular flexibility index (Phi) is 22.0. The first-order valence-corrected chi connectivity index (χ1v) is 20.2. The highest BCUT2D eigenvalue weighted by Crippen LogP contribution is 2.29. The fourth-order valence-electron chi connectivity index (χ4n) is 7.10. The van der Waals surface area contributed by atoms with Crippen LogP contribution in [0, 0.1) is 23.7 Å². The number of benzene rings is 2. The number of likely N-dealkylation sites (tertiary alicyclic amines) is 1. The molecule has 2 N–H and O–H groups in total. The van der Waals surface area contributed by atoms with E-state index in [1.54, 1.807) is 0 Å². The molecular formula is C44H78N4O2. The molecule has 2 amide bonds. The molecule has 286 valence electrons. The maximum Gasteiger partial charge on any atom is 0.223 e. The zero-order valence-corrected chi connectivity index (χ0v) is 33.4. The molecule has 1 heterocycles. The van der Waals surface area contributed by atoms with E-state index in [4.69, 9.17) is 0 Å². The van der Waals surface area contributed by atoms with Gasteiger partial charge in [-0.2, -0.15) is 0 Å². The van der Waals surface area contributed by atoms with Crippen LogP contribution in [0.4, 0.5) is 0 Å². The highest BCUT2D eigenvalue weighted by atomic mass is 16.2. The van der Waals surface area contributed by atoms with E-state index in [0.717, 1.165) is 38.8 Å². The van der Waals surface area contributed by atoms with E-state index in [2.05, 4.69) is 125 Å². The number of carbonyl (C=O) groups excluding carboxylic acids is 2. The van der Waals surface area contributed by atoms with Crippen molar-refractivity contribution in [3.05, 3.63) is 70.8 Å². The molecule has 0 aromatic heterocycles. The lowest BCUT2D eigenvalue weighted by Crippen LogP contribution is -2.33. The van der Waals surface area contributed by atoms with E-state index < -0.39 is 0 Å². The minimum atomic E-state index is 0. The number of nitrogens with one attached hydrogen (secondary N) is 2. The van der Waals surface area contributed by atoms with Gasteiger partial charge in [0.2, 0.25) is 11.8 Å². The van der Waals surface area contributed by atoms with Gasteiger partial charge in [0.25, 0.3) is 0 Å². The summed E-state index contributed by atoms with van der Waals surface area (Å²) in [5, 5.41) is 6.23. The third-order valence-corrected chi connectivity index (χ3v) is 9.70. The van der Waals surface area contributed by atoms with Gasteiger partial charge in [0.05, 0.1) is 0 Å². The van der Waals surface area contributed by atoms with Gasteiger partial charge in [-0.25, -0.2) is 0 Å². The monoisotopic (exact) mass is 695 g/mol. The molecule has 2 aromatic carbocycles. The molecule has 0 radical (unpaired) electrons. The Hall–Kier alpha value is -2.70. The lowest BCUT2D eigenvalue weighted by molar-refractivity contribution is -0.127. The highest BCUT2D eigenvalue weighted by molar-refractivity contribution is 5.79. The molecule has 0 spiro atoms. The summed E-state index contributed by atoms with van der Waals surface area (Å²) < 4.78 is 0. The minimum absolute atomic E-state index is 0. The van der Waals surface area contributed by atoms with Crippen LogP contribution in [0.15, 0.2) is 48.5 Å². The van der Waals surface area contributed by atoms with Crippen molar-refractivity contribution in [1.82, 2.24) is 20.4 Å². The maximum absolute atomic E-state index is 12.3. The van der Waals surface area contributed by atoms with Crippen molar-refractivity contribution < 1.29 is 12.4 Å². The van der Waals surface area contributed by atoms with Crippen LogP contribution in [0.1, 0.15) is 144 Å². The maximum atomic E-state index is 12.3. The Morgan fingerprint density at radius 2 is 1.02 bits per heavy atom. The summed E-state index contributed by atoms with van der Waals surface area (Å²) in [5.74, 6) is 2.33. The molecule has 1 saturated heterocycles. The van der Waals surface area contributed by atoms with Gasteiger partial charge >= 0.3 is 0 Å². The number of amides is 2. The van der Waals surface area contributed by atoms with E-state index in [1.165, 1.54) is 86.7 Å². The molecule has 2 saturated carbocycles. The Morgan fingerprint density at radius 3 is 1.40 bits per heavy atom. The zero-order chi connectivity index (χ0) is 36.7. The molecule has 0 bridgehead atoms. The van der Waals surface area contributed by atoms with Crippen molar-refractivity contribution in [2.24, 2.45) is 23.7 Å². The van der Waals surface area contributed by atoms with Gasteiger partial charge in [-0.3, -0.25) is 14.5 Å². The van der Waals surface area contributed by atoms with E-state index in [1.807, 2.05) is 0 Å². The molecule has 2 aliphatic carbocycles. The lowest BCUT2D eigenvalue weighted by Gasteiger charge is -2.25. The van der Waals surface area contributed by atoms with Gasteiger partial charge in [0, 0.05) is 40.9 Å². The van der Waals surface area contributed by atoms with E-state index >= 15 is 0 Å². The molecule has 50 heavy (non-hydrogen) atoms. The molecule has 6 heteroatoms. The summed E-state index contributed by atoms with van der Waals surface area (Å²) in [6.07, 6.45) is 14.3. The van der Waals surface area contributed by atoms with Gasteiger partial charge in [-0.15, -0.1) is 0 Å². The van der Waals surface area contributed by atoms with Crippen molar-refractivity contribution in [2.45, 2.75) is 145 Å². The van der Waals surface area contributed by atoms with Crippen molar-refractivity contribution >= 4 is 11.8 Å². The number of nitrogens with zero attached hydrogens (tertiary/aromatic N) is 2. The van der Waals surface area contributed by atoms with Crippen LogP contribution in [0.25, 0.3) is 0 Å². The van der Waals surface area contributed by atoms with Crippen molar-refractivity contribution in [3.63, 3.8) is 0 Å². The first kappa shape index (κ1) is 43.5. The molecule has 2 aromatic rings. The van der Waals surface area contributed by atoms with E-state index in [9.17, 15) is 9.59 Å². The molecule has 3 aliphatic rings. The lowest BCUT2D eigenvalue weighted by atomic mass is 9.82. The summed E-state index contributed by atoms with van der Waals surface area (Å²) in [6, 6.07) is 17.3. The number of rotatable bonds is 10. The van der Waals surface area contributed by atoms with Crippen LogP contribution in [0.5, 0.6) is 0 Å². The highest BCUT2D eigenvalue weighted by Gasteiger charge is 2.25. The average Bonchev–Trinajstić information content (AvgIpc) is 3.61. The topological polar surface area (TPSA) is 64.7 Å². The molecule has 4 atom stereocenters. The zero-order valence-electron chi connectivity index (χ0n) is 33.4. The third-order valence-electron chi connectivity index (χ3n) is 9.70. The predicted molar refractivity (Wildman–Crippen MR) is 217 cm³/mol. The summed E-state index contributed by atoms with van der Waals surface area (Å²) in [6.45, 7) is 18.8. The van der Waals surface area contributed by atoms with Crippen LogP contribution in [0.2, 0.25) is 0 Å². The summed E-state index contributed by atoms with van der Waals surface area (Å²) >= 11 is 0. The van der Waals surface area contributed by atoms with Crippen LogP contribution in [0.3, 0.4) is 0 Å². The van der Waals surface area contributed by atoms with Gasteiger partial charge in [-0.05, 0) is 99.8 Å². The Labute approximate surface area is 310 Å². The Balaban J connectivity index is 0.000000843. The quantitative estimate of drug-likeness (QED) is 0.260. The largest absolute Gasteiger partial charge is 0.352 e. The fraction of sp³-hybridized carbons (Fsp3) is 0.682. The standard InChI is InChI=1S/C20H30N2O.C18H28N2O.2C3H8.2H2/c1-16-5-4-6-19(13-16)20(23)21-14-17-7-9-18(10-8-17)15-22-11-2-3-12-22;1-14-5-4-6-17(11-14)18(21)19-12-15-7-9-16(10-8-15)13-20(2)3;2*1-3-2;;/h7-10,16,19H,2-6,11-15H2,1H3,(H,21,23);7-10,14,17H,4-6,11-13H2,1-3H3,(H,19,21);2*3H2,1-2H3;2*1H/t16-,19+;14-,17+;;;;/m11..../s1. The second-order valence-electron chi connectivity index (χ2n) is 15.6. The summed E-state index contributed by atoms with van der Waals surface area (Å²) in [4.78, 5) is 29.2. The Bertz CT molecular complexity index is 1180. The van der Waals surface area contributed by atoms with Crippen LogP contribution >= 0.6 is 0 Å². The number of carbonyl (C=O) groups is 2. The normalized spacial score (nSPS) is 21.8. The van der Waals surface area contributed by atoms with Crippen LogP contribution in [-0.4, -0.2) is 48.8 Å². The smallest absolute Gasteiger partial charge is 0.223 e. The first-order chi connectivity index (χ1) is 24.1. The van der Waals surface area contributed by atoms with Gasteiger partial charge in [0.1, 0.15) is 0 Å². The van der Waals surface area contributed by atoms with E-state index in [0.29, 0.717) is 24.9 Å². The van der Waals surface area contributed by atoms with Crippen molar-refractivity contribution in [1.29, 1.82) is 0 Å². The van der Waals surface area contributed by atoms with Crippen LogP contribution < -0.4 is 10.6 Å². The number of hydrogen-bond donors (Lipinski definition) is 2. The van der Waals surface area contributed by atoms with Gasteiger partial charge in [-0.1, -0.05) is 129 Å². The Morgan fingerprint density at radius 1 is 0.640 bits per heavy atom. The molecule has 5 rings (SSSR count). The molecule has 0 unspecified atom stereocenters. The van der Waals surface area contributed by atoms with E-state index in [-0.39, 0.29) is 26.5 Å². The van der Waals surface area contributed by atoms with Crippen molar-refractivity contribution in [3.8, 4) is 0 Å². The van der Waals surface area contributed by atoms with Gasteiger partial charge < -0.3 is 15.5 Å². The molecule has 6 nitrogen and oxygen atoms in total. The first-order valence-electron chi connectivity index (χ1n) is 20.2.